The van der Waals surface area contributed by atoms with Gasteiger partial charge in [-0.15, -0.1) is 0 Å². The standard InChI is InChI=1S/C20H29F3N4O/c1-2-24-20(26-14-10-11-27(13-14)15-6-3-4-7-15)25-12-16-17(21)8-5-9-18(16)28-19(22)23/h5,8-9,14-15,19H,2-4,6-7,10-13H2,1H3,(H2,24,25,26). The largest absolute Gasteiger partial charge is 0.434 e. The Morgan fingerprint density at radius 1 is 1.29 bits per heavy atom. The van der Waals surface area contributed by atoms with Crippen molar-refractivity contribution in [3.63, 3.8) is 0 Å². The average Bonchev–Trinajstić information content (AvgIpc) is 3.32. The Hall–Kier alpha value is -1.96. The van der Waals surface area contributed by atoms with Crippen LogP contribution in [-0.4, -0.2) is 49.2 Å². The Balaban J connectivity index is 1.63. The smallest absolute Gasteiger partial charge is 0.387 e. The van der Waals surface area contributed by atoms with Crippen molar-refractivity contribution < 1.29 is 17.9 Å². The van der Waals surface area contributed by atoms with E-state index in [0.717, 1.165) is 19.5 Å². The SMILES string of the molecule is CCNC(=NCc1c(F)cccc1OC(F)F)NC1CCN(C2CCCC2)C1. The van der Waals surface area contributed by atoms with Crippen LogP contribution < -0.4 is 15.4 Å². The summed E-state index contributed by atoms with van der Waals surface area (Å²) in [6.45, 7) is 1.56. The Labute approximate surface area is 164 Å². The molecule has 1 heterocycles. The zero-order valence-corrected chi connectivity index (χ0v) is 16.3. The lowest BCUT2D eigenvalue weighted by atomic mass is 10.2. The van der Waals surface area contributed by atoms with Crippen LogP contribution in [0.4, 0.5) is 13.2 Å². The normalized spacial score (nSPS) is 21.5. The first-order valence-electron chi connectivity index (χ1n) is 10.1. The molecule has 28 heavy (non-hydrogen) atoms. The van der Waals surface area contributed by atoms with Gasteiger partial charge in [-0.1, -0.05) is 18.9 Å². The second kappa shape index (κ2) is 10.0. The number of rotatable bonds is 7. The van der Waals surface area contributed by atoms with Crippen molar-refractivity contribution in [2.24, 2.45) is 4.99 Å². The third-order valence-electron chi connectivity index (χ3n) is 5.43. The van der Waals surface area contributed by atoms with Crippen LogP contribution in [0.15, 0.2) is 23.2 Å². The van der Waals surface area contributed by atoms with Gasteiger partial charge in [0, 0.05) is 31.7 Å². The van der Waals surface area contributed by atoms with E-state index in [4.69, 9.17) is 0 Å². The molecule has 1 atom stereocenters. The van der Waals surface area contributed by atoms with E-state index in [-0.39, 0.29) is 23.9 Å². The zero-order valence-electron chi connectivity index (χ0n) is 16.3. The first kappa shape index (κ1) is 20.8. The van der Waals surface area contributed by atoms with Gasteiger partial charge in [0.2, 0.25) is 0 Å². The van der Waals surface area contributed by atoms with Gasteiger partial charge in [0.1, 0.15) is 11.6 Å². The molecule has 8 heteroatoms. The molecule has 1 saturated carbocycles. The monoisotopic (exact) mass is 398 g/mol. The lowest BCUT2D eigenvalue weighted by molar-refractivity contribution is -0.0506. The van der Waals surface area contributed by atoms with Gasteiger partial charge < -0.3 is 15.4 Å². The number of likely N-dealkylation sites (tertiary alicyclic amines) is 1. The van der Waals surface area contributed by atoms with Crippen LogP contribution in [0.3, 0.4) is 0 Å². The maximum atomic E-state index is 14.1. The second-order valence-electron chi connectivity index (χ2n) is 7.35. The minimum atomic E-state index is -3.00. The van der Waals surface area contributed by atoms with Crippen LogP contribution in [0.5, 0.6) is 5.75 Å². The summed E-state index contributed by atoms with van der Waals surface area (Å²) in [5.74, 6) is -0.221. The number of alkyl halides is 2. The molecule has 156 valence electrons. The second-order valence-corrected chi connectivity index (χ2v) is 7.35. The minimum Gasteiger partial charge on any atom is -0.434 e. The van der Waals surface area contributed by atoms with E-state index in [2.05, 4.69) is 25.3 Å². The number of benzene rings is 1. The number of hydrogen-bond acceptors (Lipinski definition) is 3. The van der Waals surface area contributed by atoms with Gasteiger partial charge in [-0.25, -0.2) is 9.38 Å². The van der Waals surface area contributed by atoms with Crippen molar-refractivity contribution in [2.45, 2.75) is 64.3 Å². The molecular weight excluding hydrogens is 369 g/mol. The number of hydrogen-bond donors (Lipinski definition) is 2. The lowest BCUT2D eigenvalue weighted by Crippen LogP contribution is -2.45. The number of nitrogens with zero attached hydrogens (tertiary/aromatic N) is 2. The third-order valence-corrected chi connectivity index (χ3v) is 5.43. The van der Waals surface area contributed by atoms with E-state index in [1.807, 2.05) is 6.92 Å². The van der Waals surface area contributed by atoms with Gasteiger partial charge >= 0.3 is 6.61 Å². The molecular formula is C20H29F3N4O. The van der Waals surface area contributed by atoms with Crippen LogP contribution in [-0.2, 0) is 6.54 Å². The fourth-order valence-corrected chi connectivity index (χ4v) is 4.08. The Morgan fingerprint density at radius 3 is 2.79 bits per heavy atom. The van der Waals surface area contributed by atoms with Crippen molar-refractivity contribution in [3.8, 4) is 5.75 Å². The van der Waals surface area contributed by atoms with E-state index in [1.165, 1.54) is 43.9 Å². The molecule has 2 fully saturated rings. The van der Waals surface area contributed by atoms with Crippen LogP contribution >= 0.6 is 0 Å². The van der Waals surface area contributed by atoms with Crippen LogP contribution in [0.25, 0.3) is 0 Å². The molecule has 1 aromatic carbocycles. The summed E-state index contributed by atoms with van der Waals surface area (Å²) in [5, 5.41) is 6.56. The maximum Gasteiger partial charge on any atom is 0.387 e. The van der Waals surface area contributed by atoms with E-state index < -0.39 is 12.4 Å². The van der Waals surface area contributed by atoms with Crippen molar-refractivity contribution in [3.05, 3.63) is 29.6 Å². The topological polar surface area (TPSA) is 48.9 Å². The van der Waals surface area contributed by atoms with Crippen molar-refractivity contribution >= 4 is 5.96 Å². The van der Waals surface area contributed by atoms with Gasteiger partial charge in [0.15, 0.2) is 5.96 Å². The summed E-state index contributed by atoms with van der Waals surface area (Å²) in [5.41, 5.74) is 0.0269. The first-order valence-corrected chi connectivity index (χ1v) is 10.1. The van der Waals surface area contributed by atoms with Gasteiger partial charge in [-0.2, -0.15) is 8.78 Å². The predicted molar refractivity (Wildman–Crippen MR) is 103 cm³/mol. The lowest BCUT2D eigenvalue weighted by Gasteiger charge is -2.24. The summed E-state index contributed by atoms with van der Waals surface area (Å²) in [7, 11) is 0. The van der Waals surface area contributed by atoms with Crippen LogP contribution in [0, 0.1) is 5.82 Å². The van der Waals surface area contributed by atoms with Gasteiger partial charge in [0.25, 0.3) is 0 Å². The van der Waals surface area contributed by atoms with Crippen molar-refractivity contribution in [1.82, 2.24) is 15.5 Å². The van der Waals surface area contributed by atoms with E-state index in [9.17, 15) is 13.2 Å². The van der Waals surface area contributed by atoms with Gasteiger partial charge in [0.05, 0.1) is 12.1 Å². The number of aliphatic imine (C=N–C) groups is 1. The third kappa shape index (κ3) is 5.53. The first-order chi connectivity index (χ1) is 13.6. The quantitative estimate of drug-likeness (QED) is 0.545. The summed E-state index contributed by atoms with van der Waals surface area (Å²) >= 11 is 0. The highest BCUT2D eigenvalue weighted by atomic mass is 19.3. The highest BCUT2D eigenvalue weighted by Crippen LogP contribution is 2.27. The summed E-state index contributed by atoms with van der Waals surface area (Å²) < 4.78 is 43.7. The fourth-order valence-electron chi connectivity index (χ4n) is 4.08. The van der Waals surface area contributed by atoms with E-state index in [1.54, 1.807) is 0 Å². The number of ether oxygens (including phenoxy) is 1. The van der Waals surface area contributed by atoms with E-state index in [0.29, 0.717) is 18.5 Å². The molecule has 0 bridgehead atoms. The van der Waals surface area contributed by atoms with Crippen LogP contribution in [0.1, 0.15) is 44.6 Å². The molecule has 1 saturated heterocycles. The summed E-state index contributed by atoms with van der Waals surface area (Å²) in [6.07, 6.45) is 6.21. The highest BCUT2D eigenvalue weighted by molar-refractivity contribution is 5.80. The van der Waals surface area contributed by atoms with Crippen molar-refractivity contribution in [2.75, 3.05) is 19.6 Å². The van der Waals surface area contributed by atoms with Crippen molar-refractivity contribution in [1.29, 1.82) is 0 Å². The molecule has 2 N–H and O–H groups in total. The molecule has 5 nitrogen and oxygen atoms in total. The summed E-state index contributed by atoms with van der Waals surface area (Å²) in [4.78, 5) is 6.95. The minimum absolute atomic E-state index is 0.0269. The number of nitrogens with one attached hydrogen (secondary N) is 2. The highest BCUT2D eigenvalue weighted by Gasteiger charge is 2.30. The Bertz CT molecular complexity index is 665. The maximum absolute atomic E-state index is 14.1. The Morgan fingerprint density at radius 2 is 2.07 bits per heavy atom. The zero-order chi connectivity index (χ0) is 19.9. The molecule has 1 aliphatic carbocycles. The van der Waals surface area contributed by atoms with Gasteiger partial charge in [-0.05, 0) is 38.3 Å². The molecule has 1 aromatic rings. The Kier molecular flexibility index (Phi) is 7.42. The molecule has 0 aromatic heterocycles. The number of halogens is 3. The molecule has 1 unspecified atom stereocenters. The molecule has 1 aliphatic heterocycles. The van der Waals surface area contributed by atoms with E-state index >= 15 is 0 Å². The molecule has 0 radical (unpaired) electrons. The predicted octanol–water partition coefficient (Wildman–Crippen LogP) is 3.50. The average molecular weight is 398 g/mol. The summed E-state index contributed by atoms with van der Waals surface area (Å²) in [6, 6.07) is 4.87. The molecule has 0 spiro atoms. The molecule has 3 rings (SSSR count). The molecule has 2 aliphatic rings. The van der Waals surface area contributed by atoms with Crippen LogP contribution in [0.2, 0.25) is 0 Å². The number of guanidine groups is 1. The fraction of sp³-hybridized carbons (Fsp3) is 0.650. The molecule has 0 amide bonds. The van der Waals surface area contributed by atoms with Gasteiger partial charge in [-0.3, -0.25) is 4.90 Å².